The Balaban J connectivity index is 2.21. The van der Waals surface area contributed by atoms with E-state index in [1.54, 1.807) is 19.5 Å². The topological polar surface area (TPSA) is 22.1 Å². The molecule has 0 fully saturated rings. The Bertz CT molecular complexity index is 655. The lowest BCUT2D eigenvalue weighted by Crippen LogP contribution is -1.87. The molecule has 1 heterocycles. The second-order valence-electron chi connectivity index (χ2n) is 4.52. The smallest absolute Gasteiger partial charge is 0.147 e. The third kappa shape index (κ3) is 4.55. The third-order valence-corrected chi connectivity index (χ3v) is 4.04. The predicted octanol–water partition coefficient (Wildman–Crippen LogP) is 5.73. The molecular formula is C17H15Br2NO. The summed E-state index contributed by atoms with van der Waals surface area (Å²) in [7, 11) is 1.66. The summed E-state index contributed by atoms with van der Waals surface area (Å²) < 4.78 is 7.16. The van der Waals surface area contributed by atoms with E-state index in [4.69, 9.17) is 4.74 Å². The van der Waals surface area contributed by atoms with Crippen molar-refractivity contribution in [1.82, 2.24) is 4.98 Å². The molecule has 0 amide bonds. The van der Waals surface area contributed by atoms with Crippen molar-refractivity contribution in [3.8, 4) is 5.75 Å². The van der Waals surface area contributed by atoms with Crippen LogP contribution in [-0.2, 0) is 0 Å². The van der Waals surface area contributed by atoms with Crippen LogP contribution in [0.2, 0.25) is 0 Å². The minimum atomic E-state index is 0.803. The van der Waals surface area contributed by atoms with Gasteiger partial charge in [0.25, 0.3) is 0 Å². The quantitative estimate of drug-likeness (QED) is 0.602. The average molecular weight is 409 g/mol. The maximum absolute atomic E-state index is 5.31. The van der Waals surface area contributed by atoms with Gasteiger partial charge in [0.1, 0.15) is 5.75 Å². The highest BCUT2D eigenvalue weighted by molar-refractivity contribution is 9.11. The zero-order chi connectivity index (χ0) is 15.2. The normalized spacial score (nSPS) is 11.9. The standard InChI is InChI=1S/C17H15Br2NO/c1-12(3-4-13-5-7-20-8-6-13)9-14-10-15(18)17(21-2)16(19)11-14/h3-11H,1-2H3/b4-3+,12-9+. The molecule has 2 aromatic rings. The SMILES string of the molecule is COc1c(Br)cc(/C=C(C)/C=C/c2ccncc2)cc1Br. The van der Waals surface area contributed by atoms with Crippen LogP contribution in [0.3, 0.4) is 0 Å². The Morgan fingerprint density at radius 3 is 2.29 bits per heavy atom. The number of hydrogen-bond donors (Lipinski definition) is 0. The van der Waals surface area contributed by atoms with Crippen molar-refractivity contribution in [1.29, 1.82) is 0 Å². The number of halogens is 2. The molecule has 0 atom stereocenters. The minimum absolute atomic E-state index is 0.803. The molecule has 0 aliphatic heterocycles. The molecule has 0 saturated heterocycles. The van der Waals surface area contributed by atoms with E-state index in [1.165, 1.54) is 0 Å². The Morgan fingerprint density at radius 1 is 1.10 bits per heavy atom. The van der Waals surface area contributed by atoms with E-state index in [0.29, 0.717) is 0 Å². The van der Waals surface area contributed by atoms with Crippen molar-refractivity contribution in [3.05, 3.63) is 68.4 Å². The van der Waals surface area contributed by atoms with Gasteiger partial charge in [0.15, 0.2) is 0 Å². The zero-order valence-corrected chi connectivity index (χ0v) is 15.0. The zero-order valence-electron chi connectivity index (χ0n) is 11.8. The Kier molecular flexibility index (Phi) is 5.76. The molecule has 0 radical (unpaired) electrons. The van der Waals surface area contributed by atoms with Gasteiger partial charge in [-0.2, -0.15) is 0 Å². The van der Waals surface area contributed by atoms with Gasteiger partial charge in [0, 0.05) is 12.4 Å². The van der Waals surface area contributed by atoms with Gasteiger partial charge < -0.3 is 4.74 Å². The van der Waals surface area contributed by atoms with Crippen LogP contribution in [0.4, 0.5) is 0 Å². The summed E-state index contributed by atoms with van der Waals surface area (Å²) in [5.41, 5.74) is 3.40. The average Bonchev–Trinajstić information content (AvgIpc) is 2.46. The van der Waals surface area contributed by atoms with Gasteiger partial charge in [0.05, 0.1) is 16.1 Å². The van der Waals surface area contributed by atoms with Crippen LogP contribution >= 0.6 is 31.9 Å². The summed E-state index contributed by atoms with van der Waals surface area (Å²) in [6.07, 6.45) is 9.85. The lowest BCUT2D eigenvalue weighted by atomic mass is 10.1. The van der Waals surface area contributed by atoms with Crippen molar-refractivity contribution in [3.63, 3.8) is 0 Å². The maximum Gasteiger partial charge on any atom is 0.147 e. The van der Waals surface area contributed by atoms with Crippen molar-refractivity contribution in [2.45, 2.75) is 6.92 Å². The highest BCUT2D eigenvalue weighted by Crippen LogP contribution is 2.35. The number of pyridine rings is 1. The van der Waals surface area contributed by atoms with E-state index in [0.717, 1.165) is 31.4 Å². The molecule has 1 aromatic heterocycles. The summed E-state index contributed by atoms with van der Waals surface area (Å²) in [5.74, 6) is 0.803. The molecule has 0 aliphatic rings. The van der Waals surface area contributed by atoms with Crippen molar-refractivity contribution in [2.75, 3.05) is 7.11 Å². The fraction of sp³-hybridized carbons (Fsp3) is 0.118. The molecule has 0 saturated carbocycles. The highest BCUT2D eigenvalue weighted by atomic mass is 79.9. The first-order valence-electron chi connectivity index (χ1n) is 6.39. The second kappa shape index (κ2) is 7.57. The number of aromatic nitrogens is 1. The third-order valence-electron chi connectivity index (χ3n) is 2.86. The number of allylic oxidation sites excluding steroid dienone is 2. The molecule has 1 aromatic carbocycles. The molecule has 0 bridgehead atoms. The minimum Gasteiger partial charge on any atom is -0.494 e. The number of rotatable bonds is 4. The predicted molar refractivity (Wildman–Crippen MR) is 95.3 cm³/mol. The fourth-order valence-electron chi connectivity index (χ4n) is 1.87. The molecule has 0 spiro atoms. The highest BCUT2D eigenvalue weighted by Gasteiger charge is 2.06. The van der Waals surface area contributed by atoms with Crippen LogP contribution in [0.5, 0.6) is 5.75 Å². The molecule has 0 N–H and O–H groups in total. The summed E-state index contributed by atoms with van der Waals surface area (Å²) in [4.78, 5) is 4.01. The van der Waals surface area contributed by atoms with Crippen molar-refractivity contribution >= 4 is 44.0 Å². The van der Waals surface area contributed by atoms with Gasteiger partial charge in [-0.1, -0.05) is 23.8 Å². The van der Waals surface area contributed by atoms with Crippen LogP contribution in [0.25, 0.3) is 12.2 Å². The second-order valence-corrected chi connectivity index (χ2v) is 6.23. The van der Waals surface area contributed by atoms with E-state index >= 15 is 0 Å². The first-order valence-corrected chi connectivity index (χ1v) is 7.98. The first-order chi connectivity index (χ1) is 10.1. The van der Waals surface area contributed by atoms with Gasteiger partial charge in [-0.3, -0.25) is 4.98 Å². The lowest BCUT2D eigenvalue weighted by molar-refractivity contribution is 0.409. The number of methoxy groups -OCH3 is 1. The summed E-state index contributed by atoms with van der Waals surface area (Å²) >= 11 is 7.03. The van der Waals surface area contributed by atoms with Gasteiger partial charge in [-0.05, 0) is 74.2 Å². The van der Waals surface area contributed by atoms with Crippen molar-refractivity contribution < 1.29 is 4.74 Å². The lowest BCUT2D eigenvalue weighted by Gasteiger charge is -2.07. The van der Waals surface area contributed by atoms with Crippen LogP contribution in [-0.4, -0.2) is 12.1 Å². The van der Waals surface area contributed by atoms with Crippen LogP contribution in [0, 0.1) is 0 Å². The van der Waals surface area contributed by atoms with E-state index < -0.39 is 0 Å². The molecule has 21 heavy (non-hydrogen) atoms. The maximum atomic E-state index is 5.31. The summed E-state index contributed by atoms with van der Waals surface area (Å²) in [6.45, 7) is 2.07. The molecule has 0 aliphatic carbocycles. The van der Waals surface area contributed by atoms with E-state index in [1.807, 2.05) is 24.3 Å². The van der Waals surface area contributed by atoms with Gasteiger partial charge in [-0.15, -0.1) is 0 Å². The van der Waals surface area contributed by atoms with Crippen LogP contribution in [0.15, 0.2) is 57.3 Å². The van der Waals surface area contributed by atoms with Crippen LogP contribution < -0.4 is 4.74 Å². The van der Waals surface area contributed by atoms with Crippen LogP contribution in [0.1, 0.15) is 18.1 Å². The Hall–Kier alpha value is -1.39. The van der Waals surface area contributed by atoms with Gasteiger partial charge in [0.2, 0.25) is 0 Å². The summed E-state index contributed by atoms with van der Waals surface area (Å²) in [6, 6.07) is 8.02. The van der Waals surface area contributed by atoms with Crippen molar-refractivity contribution in [2.24, 2.45) is 0 Å². The number of hydrogen-bond acceptors (Lipinski definition) is 2. The number of benzene rings is 1. The fourth-order valence-corrected chi connectivity index (χ4v) is 3.42. The molecule has 2 rings (SSSR count). The van der Waals surface area contributed by atoms with E-state index in [9.17, 15) is 0 Å². The van der Waals surface area contributed by atoms with Gasteiger partial charge >= 0.3 is 0 Å². The number of ether oxygens (including phenoxy) is 1. The Morgan fingerprint density at radius 2 is 1.71 bits per heavy atom. The Labute approximate surface area is 141 Å². The molecular weight excluding hydrogens is 394 g/mol. The molecule has 0 unspecified atom stereocenters. The molecule has 2 nitrogen and oxygen atoms in total. The summed E-state index contributed by atoms with van der Waals surface area (Å²) in [5, 5.41) is 0. The van der Waals surface area contributed by atoms with E-state index in [2.05, 4.69) is 62.0 Å². The monoisotopic (exact) mass is 407 g/mol. The molecule has 4 heteroatoms. The molecule has 108 valence electrons. The number of nitrogens with zero attached hydrogens (tertiary/aromatic N) is 1. The first kappa shape index (κ1) is 16.0. The largest absolute Gasteiger partial charge is 0.494 e. The van der Waals surface area contributed by atoms with E-state index in [-0.39, 0.29) is 0 Å². The van der Waals surface area contributed by atoms with Gasteiger partial charge in [-0.25, -0.2) is 0 Å².